The summed E-state index contributed by atoms with van der Waals surface area (Å²) in [6.45, 7) is 9.40. The lowest BCUT2D eigenvalue weighted by Crippen LogP contribution is -2.47. The van der Waals surface area contributed by atoms with Gasteiger partial charge in [-0.1, -0.05) is 13.0 Å². The summed E-state index contributed by atoms with van der Waals surface area (Å²) >= 11 is 0. The van der Waals surface area contributed by atoms with Crippen molar-refractivity contribution in [1.29, 1.82) is 0 Å². The molecule has 0 spiro atoms. The Labute approximate surface area is 139 Å². The van der Waals surface area contributed by atoms with Gasteiger partial charge >= 0.3 is 0 Å². The van der Waals surface area contributed by atoms with Gasteiger partial charge in [0.05, 0.1) is 0 Å². The van der Waals surface area contributed by atoms with Gasteiger partial charge in [-0.15, -0.1) is 0 Å². The van der Waals surface area contributed by atoms with Gasteiger partial charge in [0, 0.05) is 57.1 Å². The molecule has 2 aliphatic heterocycles. The van der Waals surface area contributed by atoms with Crippen LogP contribution in [0.4, 0.5) is 11.4 Å². The second kappa shape index (κ2) is 7.32. The molecule has 0 saturated carbocycles. The number of carbonyl (C=O) groups excluding carboxylic acids is 1. The van der Waals surface area contributed by atoms with E-state index >= 15 is 0 Å². The predicted molar refractivity (Wildman–Crippen MR) is 94.7 cm³/mol. The Hall–Kier alpha value is -1.59. The van der Waals surface area contributed by atoms with Crippen LogP contribution in [0.2, 0.25) is 0 Å². The van der Waals surface area contributed by atoms with Crippen molar-refractivity contribution in [2.45, 2.75) is 26.2 Å². The molecule has 2 aliphatic rings. The maximum Gasteiger partial charge on any atom is 0.228 e. The van der Waals surface area contributed by atoms with E-state index in [2.05, 4.69) is 16.7 Å². The Morgan fingerprint density at radius 2 is 1.87 bits per heavy atom. The lowest BCUT2D eigenvalue weighted by molar-refractivity contribution is -0.119. The first-order valence-electron chi connectivity index (χ1n) is 8.81. The Kier molecular flexibility index (Phi) is 5.18. The predicted octanol–water partition coefficient (Wildman–Crippen LogP) is 1.58. The lowest BCUT2D eigenvalue weighted by atomic mass is 9.99. The van der Waals surface area contributed by atoms with E-state index in [-0.39, 0.29) is 5.91 Å². The molecular weight excluding hydrogens is 288 g/mol. The second-order valence-electron chi connectivity index (χ2n) is 6.52. The molecule has 2 heterocycles. The molecular formula is C18H28N4O. The van der Waals surface area contributed by atoms with Gasteiger partial charge in [-0.05, 0) is 37.1 Å². The van der Waals surface area contributed by atoms with E-state index in [0.717, 1.165) is 75.6 Å². The van der Waals surface area contributed by atoms with Gasteiger partial charge in [0.2, 0.25) is 5.91 Å². The number of likely N-dealkylation sites (N-methyl/N-ethyl adjacent to an activating group) is 1. The molecule has 2 N–H and O–H groups in total. The van der Waals surface area contributed by atoms with Crippen LogP contribution in [0.3, 0.4) is 0 Å². The van der Waals surface area contributed by atoms with Gasteiger partial charge in [0.1, 0.15) is 0 Å². The summed E-state index contributed by atoms with van der Waals surface area (Å²) in [6.07, 6.45) is 2.58. The SMILES string of the molecule is CCN1CCN(CCC(=O)N2CCCc3c(N)cccc32)CC1. The van der Waals surface area contributed by atoms with Gasteiger partial charge in [-0.25, -0.2) is 0 Å². The highest BCUT2D eigenvalue weighted by Crippen LogP contribution is 2.31. The third-order valence-corrected chi connectivity index (χ3v) is 5.14. The van der Waals surface area contributed by atoms with Crippen LogP contribution in [-0.2, 0) is 11.2 Å². The number of piperazine rings is 1. The van der Waals surface area contributed by atoms with Crippen LogP contribution in [0.15, 0.2) is 18.2 Å². The van der Waals surface area contributed by atoms with Crippen LogP contribution < -0.4 is 10.6 Å². The van der Waals surface area contributed by atoms with Crippen LogP contribution >= 0.6 is 0 Å². The van der Waals surface area contributed by atoms with Crippen LogP contribution in [-0.4, -0.2) is 61.5 Å². The highest BCUT2D eigenvalue weighted by Gasteiger charge is 2.24. The third kappa shape index (κ3) is 3.67. The Morgan fingerprint density at radius 3 is 2.61 bits per heavy atom. The maximum atomic E-state index is 12.7. The number of rotatable bonds is 4. The number of nitrogens with zero attached hydrogens (tertiary/aromatic N) is 3. The molecule has 0 bridgehead atoms. The molecule has 0 unspecified atom stereocenters. The first kappa shape index (κ1) is 16.3. The van der Waals surface area contributed by atoms with E-state index in [1.54, 1.807) is 0 Å². The summed E-state index contributed by atoms with van der Waals surface area (Å²) in [5.74, 6) is 0.231. The molecule has 1 saturated heterocycles. The van der Waals surface area contributed by atoms with E-state index in [4.69, 9.17) is 5.73 Å². The number of nitrogen functional groups attached to an aromatic ring is 1. The molecule has 23 heavy (non-hydrogen) atoms. The fraction of sp³-hybridized carbons (Fsp3) is 0.611. The van der Waals surface area contributed by atoms with Crippen molar-refractivity contribution in [1.82, 2.24) is 9.80 Å². The van der Waals surface area contributed by atoms with Gasteiger partial charge in [-0.3, -0.25) is 4.79 Å². The molecule has 126 valence electrons. The van der Waals surface area contributed by atoms with Crippen molar-refractivity contribution < 1.29 is 4.79 Å². The Bertz CT molecular complexity index is 552. The number of fused-ring (bicyclic) bond motifs is 1. The average molecular weight is 316 g/mol. The minimum Gasteiger partial charge on any atom is -0.398 e. The number of amides is 1. The summed E-state index contributed by atoms with van der Waals surface area (Å²) in [7, 11) is 0. The van der Waals surface area contributed by atoms with Crippen LogP contribution in [0.1, 0.15) is 25.3 Å². The summed E-state index contributed by atoms with van der Waals surface area (Å²) in [6, 6.07) is 5.91. The molecule has 0 radical (unpaired) electrons. The summed E-state index contributed by atoms with van der Waals surface area (Å²) in [5.41, 5.74) is 9.05. The normalized spacial score (nSPS) is 19.6. The van der Waals surface area contributed by atoms with E-state index < -0.39 is 0 Å². The zero-order valence-electron chi connectivity index (χ0n) is 14.1. The van der Waals surface area contributed by atoms with Crippen molar-refractivity contribution in [2.24, 2.45) is 0 Å². The van der Waals surface area contributed by atoms with Gasteiger partial charge in [-0.2, -0.15) is 0 Å². The van der Waals surface area contributed by atoms with Crippen LogP contribution in [0.25, 0.3) is 0 Å². The summed E-state index contributed by atoms with van der Waals surface area (Å²) in [4.78, 5) is 19.5. The van der Waals surface area contributed by atoms with Crippen molar-refractivity contribution in [3.8, 4) is 0 Å². The molecule has 1 fully saturated rings. The first-order chi connectivity index (χ1) is 11.2. The minimum atomic E-state index is 0.231. The number of nitrogens with two attached hydrogens (primary N) is 1. The van der Waals surface area contributed by atoms with Gasteiger partial charge in [0.15, 0.2) is 0 Å². The maximum absolute atomic E-state index is 12.7. The highest BCUT2D eigenvalue weighted by molar-refractivity contribution is 5.95. The average Bonchev–Trinajstić information content (AvgIpc) is 2.60. The largest absolute Gasteiger partial charge is 0.398 e. The zero-order chi connectivity index (χ0) is 16.2. The number of hydrogen-bond donors (Lipinski definition) is 1. The van der Waals surface area contributed by atoms with E-state index in [9.17, 15) is 4.79 Å². The first-order valence-corrected chi connectivity index (χ1v) is 8.81. The standard InChI is InChI=1S/C18H28N4O/c1-2-20-11-13-21(14-12-20)10-8-18(23)22-9-4-5-15-16(19)6-3-7-17(15)22/h3,6-7H,2,4-5,8-14,19H2,1H3. The minimum absolute atomic E-state index is 0.231. The number of hydrogen-bond acceptors (Lipinski definition) is 4. The number of benzene rings is 1. The van der Waals surface area contributed by atoms with Crippen molar-refractivity contribution in [2.75, 3.05) is 56.4 Å². The molecule has 1 aromatic carbocycles. The monoisotopic (exact) mass is 316 g/mol. The van der Waals surface area contributed by atoms with Gasteiger partial charge < -0.3 is 20.4 Å². The second-order valence-corrected chi connectivity index (χ2v) is 6.52. The molecule has 0 atom stereocenters. The van der Waals surface area contributed by atoms with Crippen molar-refractivity contribution in [3.05, 3.63) is 23.8 Å². The fourth-order valence-electron chi connectivity index (χ4n) is 3.63. The molecule has 5 nitrogen and oxygen atoms in total. The molecule has 1 amide bonds. The van der Waals surface area contributed by atoms with Crippen molar-refractivity contribution >= 4 is 17.3 Å². The lowest BCUT2D eigenvalue weighted by Gasteiger charge is -2.35. The number of carbonyl (C=O) groups is 1. The number of anilines is 2. The summed E-state index contributed by atoms with van der Waals surface area (Å²) in [5, 5.41) is 0. The highest BCUT2D eigenvalue weighted by atomic mass is 16.2. The van der Waals surface area contributed by atoms with E-state index in [1.165, 1.54) is 0 Å². The van der Waals surface area contributed by atoms with Crippen molar-refractivity contribution in [3.63, 3.8) is 0 Å². The topological polar surface area (TPSA) is 52.8 Å². The van der Waals surface area contributed by atoms with E-state index in [1.807, 2.05) is 23.1 Å². The molecule has 3 rings (SSSR count). The fourth-order valence-corrected chi connectivity index (χ4v) is 3.63. The quantitative estimate of drug-likeness (QED) is 0.857. The van der Waals surface area contributed by atoms with Crippen LogP contribution in [0.5, 0.6) is 0 Å². The zero-order valence-corrected chi connectivity index (χ0v) is 14.1. The molecule has 5 heteroatoms. The molecule has 0 aliphatic carbocycles. The Morgan fingerprint density at radius 1 is 1.13 bits per heavy atom. The van der Waals surface area contributed by atoms with Gasteiger partial charge in [0.25, 0.3) is 0 Å². The summed E-state index contributed by atoms with van der Waals surface area (Å²) < 4.78 is 0. The molecule has 1 aromatic rings. The smallest absolute Gasteiger partial charge is 0.228 e. The van der Waals surface area contributed by atoms with Crippen LogP contribution in [0, 0.1) is 0 Å². The van der Waals surface area contributed by atoms with E-state index in [0.29, 0.717) is 6.42 Å². The third-order valence-electron chi connectivity index (χ3n) is 5.14. The Balaban J connectivity index is 1.57. The molecule has 0 aromatic heterocycles.